The minimum atomic E-state index is -0.876. The third kappa shape index (κ3) is 2.49. The molecular weight excluding hydrogens is 217 g/mol. The third-order valence-electron chi connectivity index (χ3n) is 2.52. The van der Waals surface area contributed by atoms with E-state index in [4.69, 9.17) is 5.26 Å². The second kappa shape index (κ2) is 4.77. The molecule has 0 amide bonds. The second-order valence-electron chi connectivity index (χ2n) is 3.69. The molecule has 0 aliphatic heterocycles. The minimum Gasteiger partial charge on any atom is -0.384 e. The molecule has 1 N–H and O–H groups in total. The van der Waals surface area contributed by atoms with E-state index in [0.717, 1.165) is 0 Å². The van der Waals surface area contributed by atoms with Gasteiger partial charge in [0.15, 0.2) is 0 Å². The fourth-order valence-electron chi connectivity index (χ4n) is 1.61. The van der Waals surface area contributed by atoms with Crippen molar-refractivity contribution in [1.82, 2.24) is 0 Å². The van der Waals surface area contributed by atoms with E-state index in [0.29, 0.717) is 16.7 Å². The van der Waals surface area contributed by atoms with Gasteiger partial charge in [-0.1, -0.05) is 24.3 Å². The lowest BCUT2D eigenvalue weighted by molar-refractivity contribution is 0.220. The smallest absolute Gasteiger partial charge is 0.123 e. The second-order valence-corrected chi connectivity index (χ2v) is 3.69. The number of hydrogen-bond acceptors (Lipinski definition) is 2. The molecule has 17 heavy (non-hydrogen) atoms. The van der Waals surface area contributed by atoms with Crippen molar-refractivity contribution in [2.45, 2.75) is 6.10 Å². The summed E-state index contributed by atoms with van der Waals surface area (Å²) in [5, 5.41) is 18.7. The van der Waals surface area contributed by atoms with Crippen LogP contribution < -0.4 is 0 Å². The number of aliphatic hydroxyl groups is 1. The highest BCUT2D eigenvalue weighted by atomic mass is 19.1. The average molecular weight is 227 g/mol. The summed E-state index contributed by atoms with van der Waals surface area (Å²) in [5.74, 6) is -0.379. The Morgan fingerprint density at radius 2 is 1.76 bits per heavy atom. The molecule has 0 saturated carbocycles. The minimum absolute atomic E-state index is 0.379. The van der Waals surface area contributed by atoms with Crippen LogP contribution in [0.4, 0.5) is 4.39 Å². The van der Waals surface area contributed by atoms with Gasteiger partial charge in [0.2, 0.25) is 0 Å². The highest BCUT2D eigenvalue weighted by Crippen LogP contribution is 2.22. The number of benzene rings is 2. The molecule has 1 atom stereocenters. The van der Waals surface area contributed by atoms with Crippen molar-refractivity contribution in [2.24, 2.45) is 0 Å². The molecule has 0 aliphatic carbocycles. The number of aliphatic hydroxyl groups excluding tert-OH is 1. The predicted molar refractivity (Wildman–Crippen MR) is 61.6 cm³/mol. The van der Waals surface area contributed by atoms with Crippen molar-refractivity contribution in [3.05, 3.63) is 71.0 Å². The highest BCUT2D eigenvalue weighted by molar-refractivity contribution is 5.36. The third-order valence-corrected chi connectivity index (χ3v) is 2.52. The predicted octanol–water partition coefficient (Wildman–Crippen LogP) is 2.78. The van der Waals surface area contributed by atoms with Gasteiger partial charge in [0.1, 0.15) is 11.9 Å². The van der Waals surface area contributed by atoms with E-state index in [2.05, 4.69) is 0 Å². The molecule has 84 valence electrons. The Labute approximate surface area is 98.6 Å². The molecule has 0 aliphatic rings. The molecule has 2 aromatic rings. The quantitative estimate of drug-likeness (QED) is 0.857. The Morgan fingerprint density at radius 3 is 2.35 bits per heavy atom. The highest BCUT2D eigenvalue weighted by Gasteiger charge is 2.10. The van der Waals surface area contributed by atoms with Gasteiger partial charge < -0.3 is 5.11 Å². The Hall–Kier alpha value is -2.18. The zero-order valence-electron chi connectivity index (χ0n) is 8.97. The molecule has 0 heterocycles. The summed E-state index contributed by atoms with van der Waals surface area (Å²) in [6.07, 6.45) is -0.876. The molecule has 0 unspecified atom stereocenters. The number of rotatable bonds is 2. The molecule has 2 aromatic carbocycles. The summed E-state index contributed by atoms with van der Waals surface area (Å²) in [7, 11) is 0. The number of nitriles is 1. The number of nitrogens with zero attached hydrogens (tertiary/aromatic N) is 1. The maximum absolute atomic E-state index is 13.0. The lowest BCUT2D eigenvalue weighted by Crippen LogP contribution is -1.99. The summed E-state index contributed by atoms with van der Waals surface area (Å²) in [5.41, 5.74) is 1.66. The van der Waals surface area contributed by atoms with Crippen LogP contribution in [0.15, 0.2) is 48.5 Å². The first-order valence-corrected chi connectivity index (χ1v) is 5.14. The topological polar surface area (TPSA) is 44.0 Å². The fourth-order valence-corrected chi connectivity index (χ4v) is 1.61. The molecule has 2 nitrogen and oxygen atoms in total. The van der Waals surface area contributed by atoms with Gasteiger partial charge in [0.05, 0.1) is 11.6 Å². The summed E-state index contributed by atoms with van der Waals surface area (Å²) < 4.78 is 13.0. The number of hydrogen-bond donors (Lipinski definition) is 1. The van der Waals surface area contributed by atoms with E-state index in [9.17, 15) is 9.50 Å². The summed E-state index contributed by atoms with van der Waals surface area (Å²) in [6, 6.07) is 14.4. The molecule has 0 spiro atoms. The van der Waals surface area contributed by atoms with E-state index < -0.39 is 6.10 Å². The van der Waals surface area contributed by atoms with Gasteiger partial charge in [-0.2, -0.15) is 5.26 Å². The van der Waals surface area contributed by atoms with E-state index in [1.807, 2.05) is 6.07 Å². The monoisotopic (exact) mass is 227 g/mol. The van der Waals surface area contributed by atoms with Gasteiger partial charge in [-0.15, -0.1) is 0 Å². The zero-order chi connectivity index (χ0) is 12.3. The fraction of sp³-hybridized carbons (Fsp3) is 0.0714. The van der Waals surface area contributed by atoms with Crippen molar-refractivity contribution in [3.8, 4) is 6.07 Å². The average Bonchev–Trinajstić information content (AvgIpc) is 2.38. The van der Waals surface area contributed by atoms with Gasteiger partial charge in [0, 0.05) is 0 Å². The molecule has 0 bridgehead atoms. The van der Waals surface area contributed by atoms with Crippen LogP contribution in [0.25, 0.3) is 0 Å². The van der Waals surface area contributed by atoms with Crippen LogP contribution in [0.5, 0.6) is 0 Å². The van der Waals surface area contributed by atoms with Gasteiger partial charge >= 0.3 is 0 Å². The van der Waals surface area contributed by atoms with Crippen LogP contribution in [0.3, 0.4) is 0 Å². The van der Waals surface area contributed by atoms with Crippen molar-refractivity contribution in [3.63, 3.8) is 0 Å². The molecule has 2 rings (SSSR count). The van der Waals surface area contributed by atoms with Crippen molar-refractivity contribution < 1.29 is 9.50 Å². The van der Waals surface area contributed by atoms with E-state index in [1.54, 1.807) is 36.4 Å². The van der Waals surface area contributed by atoms with Gasteiger partial charge in [-0.25, -0.2) is 4.39 Å². The summed E-state index contributed by atoms with van der Waals surface area (Å²) >= 11 is 0. The molecule has 3 heteroatoms. The van der Waals surface area contributed by atoms with Crippen LogP contribution in [-0.4, -0.2) is 5.11 Å². The first-order valence-electron chi connectivity index (χ1n) is 5.14. The van der Waals surface area contributed by atoms with Crippen LogP contribution in [0, 0.1) is 17.1 Å². The lowest BCUT2D eigenvalue weighted by Gasteiger charge is -2.11. The van der Waals surface area contributed by atoms with Crippen LogP contribution in [0.2, 0.25) is 0 Å². The largest absolute Gasteiger partial charge is 0.384 e. The normalized spacial score (nSPS) is 11.8. The summed E-state index contributed by atoms with van der Waals surface area (Å²) in [4.78, 5) is 0. The zero-order valence-corrected chi connectivity index (χ0v) is 8.97. The van der Waals surface area contributed by atoms with Crippen molar-refractivity contribution in [2.75, 3.05) is 0 Å². The maximum Gasteiger partial charge on any atom is 0.123 e. The standard InChI is InChI=1S/C14H10FNO/c15-13-3-1-2-12(8-13)14(17)11-6-4-10(9-16)5-7-11/h1-8,14,17H/t14-/m1/s1. The first-order chi connectivity index (χ1) is 8.20. The Balaban J connectivity index is 2.30. The van der Waals surface area contributed by atoms with E-state index in [-0.39, 0.29) is 5.82 Å². The lowest BCUT2D eigenvalue weighted by atomic mass is 10.0. The molecule has 0 aromatic heterocycles. The Morgan fingerprint density at radius 1 is 1.06 bits per heavy atom. The van der Waals surface area contributed by atoms with Crippen LogP contribution >= 0.6 is 0 Å². The summed E-state index contributed by atoms with van der Waals surface area (Å²) in [6.45, 7) is 0. The molecule has 0 fully saturated rings. The number of halogens is 1. The Kier molecular flexibility index (Phi) is 3.17. The maximum atomic E-state index is 13.0. The molecule has 0 radical (unpaired) electrons. The van der Waals surface area contributed by atoms with Crippen LogP contribution in [-0.2, 0) is 0 Å². The van der Waals surface area contributed by atoms with Gasteiger partial charge in [0.25, 0.3) is 0 Å². The Bertz CT molecular complexity index is 557. The first kappa shape index (κ1) is 11.3. The van der Waals surface area contributed by atoms with Crippen molar-refractivity contribution in [1.29, 1.82) is 5.26 Å². The molecule has 0 saturated heterocycles. The van der Waals surface area contributed by atoms with E-state index in [1.165, 1.54) is 12.1 Å². The van der Waals surface area contributed by atoms with Crippen molar-refractivity contribution >= 4 is 0 Å². The van der Waals surface area contributed by atoms with Gasteiger partial charge in [-0.05, 0) is 35.4 Å². The van der Waals surface area contributed by atoms with Crippen LogP contribution in [0.1, 0.15) is 22.8 Å². The molecular formula is C14H10FNO. The SMILES string of the molecule is N#Cc1ccc([C@@H](O)c2cccc(F)c2)cc1. The van der Waals surface area contributed by atoms with E-state index >= 15 is 0 Å². The van der Waals surface area contributed by atoms with Gasteiger partial charge in [-0.3, -0.25) is 0 Å².